The van der Waals surface area contributed by atoms with Gasteiger partial charge in [-0.3, -0.25) is 4.79 Å². The van der Waals surface area contributed by atoms with E-state index in [0.717, 1.165) is 29.2 Å². The smallest absolute Gasteiger partial charge is 0.223 e. The first-order valence-electron chi connectivity index (χ1n) is 8.10. The van der Waals surface area contributed by atoms with Crippen LogP contribution < -0.4 is 9.47 Å². The summed E-state index contributed by atoms with van der Waals surface area (Å²) in [5.41, 5.74) is 3.90. The summed E-state index contributed by atoms with van der Waals surface area (Å²) < 4.78 is 11.2. The molecule has 3 rings (SSSR count). The predicted octanol–water partition coefficient (Wildman–Crippen LogP) is 3.37. The van der Waals surface area contributed by atoms with Crippen molar-refractivity contribution < 1.29 is 14.3 Å². The van der Waals surface area contributed by atoms with E-state index in [4.69, 9.17) is 9.47 Å². The molecule has 24 heavy (non-hydrogen) atoms. The summed E-state index contributed by atoms with van der Waals surface area (Å²) in [6.45, 7) is 5.16. The third-order valence-electron chi connectivity index (χ3n) is 4.43. The van der Waals surface area contributed by atoms with E-state index in [-0.39, 0.29) is 11.9 Å². The fraction of sp³-hybridized carbons (Fsp3) is 0.444. The van der Waals surface area contributed by atoms with E-state index in [1.165, 1.54) is 4.88 Å². The van der Waals surface area contributed by atoms with Gasteiger partial charge in [0.05, 0.1) is 17.2 Å². The van der Waals surface area contributed by atoms with Crippen LogP contribution >= 0.6 is 11.3 Å². The molecule has 1 amide bonds. The Labute approximate surface area is 146 Å². The van der Waals surface area contributed by atoms with Crippen molar-refractivity contribution in [3.63, 3.8) is 0 Å². The zero-order valence-electron chi connectivity index (χ0n) is 14.2. The van der Waals surface area contributed by atoms with Crippen LogP contribution in [0.5, 0.6) is 11.5 Å². The van der Waals surface area contributed by atoms with Gasteiger partial charge in [0.1, 0.15) is 13.2 Å². The van der Waals surface area contributed by atoms with Crippen molar-refractivity contribution >= 4 is 17.2 Å². The molecule has 1 aromatic heterocycles. The van der Waals surface area contributed by atoms with E-state index in [9.17, 15) is 4.79 Å². The van der Waals surface area contributed by atoms with Crippen LogP contribution in [-0.4, -0.2) is 36.1 Å². The van der Waals surface area contributed by atoms with Gasteiger partial charge in [0, 0.05) is 18.3 Å². The molecule has 1 aliphatic rings. The number of nitrogens with zero attached hydrogens (tertiary/aromatic N) is 2. The van der Waals surface area contributed by atoms with Gasteiger partial charge in [0.25, 0.3) is 0 Å². The highest BCUT2D eigenvalue weighted by Gasteiger charge is 2.20. The summed E-state index contributed by atoms with van der Waals surface area (Å²) in [5, 5.41) is 0. The normalized spacial score (nSPS) is 14.3. The van der Waals surface area contributed by atoms with E-state index in [0.29, 0.717) is 19.6 Å². The van der Waals surface area contributed by atoms with Crippen LogP contribution in [0.3, 0.4) is 0 Å². The summed E-state index contributed by atoms with van der Waals surface area (Å²) in [6.07, 6.45) is 1.24. The third-order valence-corrected chi connectivity index (χ3v) is 5.43. The predicted molar refractivity (Wildman–Crippen MR) is 93.8 cm³/mol. The lowest BCUT2D eigenvalue weighted by Gasteiger charge is -2.27. The molecule has 6 heteroatoms. The number of rotatable bonds is 5. The van der Waals surface area contributed by atoms with Gasteiger partial charge in [0.2, 0.25) is 5.91 Å². The van der Waals surface area contributed by atoms with Crippen LogP contribution in [-0.2, 0) is 11.2 Å². The van der Waals surface area contributed by atoms with Gasteiger partial charge >= 0.3 is 0 Å². The van der Waals surface area contributed by atoms with Crippen LogP contribution in [0.4, 0.5) is 0 Å². The number of amides is 1. The van der Waals surface area contributed by atoms with E-state index in [2.05, 4.69) is 4.98 Å². The number of benzene rings is 1. The van der Waals surface area contributed by atoms with Crippen molar-refractivity contribution in [3.8, 4) is 11.5 Å². The van der Waals surface area contributed by atoms with Gasteiger partial charge in [-0.1, -0.05) is 6.07 Å². The lowest BCUT2D eigenvalue weighted by Crippen LogP contribution is -2.30. The number of hydrogen-bond acceptors (Lipinski definition) is 5. The molecular weight excluding hydrogens is 324 g/mol. The minimum absolute atomic E-state index is 0.0177. The average molecular weight is 346 g/mol. The molecule has 0 fully saturated rings. The zero-order valence-corrected chi connectivity index (χ0v) is 15.1. The molecule has 5 nitrogen and oxygen atoms in total. The molecule has 0 N–H and O–H groups in total. The zero-order chi connectivity index (χ0) is 17.1. The molecule has 2 aromatic rings. The molecule has 0 bridgehead atoms. The standard InChI is InChI=1S/C18H22N2O3S/c1-12-17(24-11-19-12)6-7-18(21)20(3)13(2)14-4-5-15-16(10-14)23-9-8-22-15/h4-5,10-11,13H,6-9H2,1-3H3/t13-/m0/s1. The first-order valence-corrected chi connectivity index (χ1v) is 8.98. The third kappa shape index (κ3) is 3.53. The lowest BCUT2D eigenvalue weighted by molar-refractivity contribution is -0.131. The van der Waals surface area contributed by atoms with Crippen molar-refractivity contribution in [2.24, 2.45) is 0 Å². The topological polar surface area (TPSA) is 51.7 Å². The number of ether oxygens (including phenoxy) is 2. The number of aryl methyl sites for hydroxylation is 2. The Hall–Kier alpha value is -2.08. The second kappa shape index (κ2) is 7.21. The van der Waals surface area contributed by atoms with Crippen LogP contribution in [0, 0.1) is 6.92 Å². The molecule has 1 atom stereocenters. The monoisotopic (exact) mass is 346 g/mol. The molecule has 1 aliphatic heterocycles. The molecule has 0 unspecified atom stereocenters. The molecule has 0 spiro atoms. The fourth-order valence-electron chi connectivity index (χ4n) is 2.72. The minimum atomic E-state index is -0.0177. The summed E-state index contributed by atoms with van der Waals surface area (Å²) in [4.78, 5) is 19.7. The number of carbonyl (C=O) groups excluding carboxylic acids is 1. The Morgan fingerprint density at radius 3 is 2.79 bits per heavy atom. The van der Waals surface area contributed by atoms with E-state index < -0.39 is 0 Å². The quantitative estimate of drug-likeness (QED) is 0.833. The average Bonchev–Trinajstić information content (AvgIpc) is 3.02. The largest absolute Gasteiger partial charge is 0.486 e. The number of carbonyl (C=O) groups is 1. The number of fused-ring (bicyclic) bond motifs is 1. The second-order valence-corrected chi connectivity index (χ2v) is 6.88. The summed E-state index contributed by atoms with van der Waals surface area (Å²) in [6, 6.07) is 5.86. The van der Waals surface area contributed by atoms with Crippen molar-refractivity contribution in [1.29, 1.82) is 0 Å². The highest BCUT2D eigenvalue weighted by atomic mass is 32.1. The van der Waals surface area contributed by atoms with Gasteiger partial charge in [-0.2, -0.15) is 0 Å². The van der Waals surface area contributed by atoms with Gasteiger partial charge < -0.3 is 14.4 Å². The first kappa shape index (κ1) is 16.8. The fourth-order valence-corrected chi connectivity index (χ4v) is 3.50. The highest BCUT2D eigenvalue weighted by molar-refractivity contribution is 7.09. The molecule has 0 saturated carbocycles. The van der Waals surface area contributed by atoms with E-state index in [1.807, 2.05) is 44.6 Å². The molecule has 128 valence electrons. The van der Waals surface area contributed by atoms with Crippen molar-refractivity contribution in [3.05, 3.63) is 39.8 Å². The Kier molecular flexibility index (Phi) is 5.04. The first-order chi connectivity index (χ1) is 11.6. The SMILES string of the molecule is Cc1ncsc1CCC(=O)N(C)[C@@H](C)c1ccc2c(c1)OCCO2. The lowest BCUT2D eigenvalue weighted by atomic mass is 10.1. The van der Waals surface area contributed by atoms with Crippen molar-refractivity contribution in [2.45, 2.75) is 32.7 Å². The number of thiazole rings is 1. The van der Waals surface area contributed by atoms with Crippen LogP contribution in [0.15, 0.2) is 23.7 Å². The van der Waals surface area contributed by atoms with E-state index >= 15 is 0 Å². The van der Waals surface area contributed by atoms with E-state index in [1.54, 1.807) is 16.2 Å². The Morgan fingerprint density at radius 2 is 2.08 bits per heavy atom. The molecule has 1 aromatic carbocycles. The maximum atomic E-state index is 12.5. The van der Waals surface area contributed by atoms with Crippen LogP contribution in [0.2, 0.25) is 0 Å². The van der Waals surface area contributed by atoms with Crippen LogP contribution in [0.1, 0.15) is 35.5 Å². The van der Waals surface area contributed by atoms with Gasteiger partial charge in [0.15, 0.2) is 11.5 Å². The maximum Gasteiger partial charge on any atom is 0.223 e. The Balaban J connectivity index is 1.64. The summed E-state index contributed by atoms with van der Waals surface area (Å²) in [7, 11) is 1.85. The number of hydrogen-bond donors (Lipinski definition) is 0. The maximum absolute atomic E-state index is 12.5. The minimum Gasteiger partial charge on any atom is -0.486 e. The van der Waals surface area contributed by atoms with Crippen molar-refractivity contribution in [1.82, 2.24) is 9.88 Å². The van der Waals surface area contributed by atoms with Crippen LogP contribution in [0.25, 0.3) is 0 Å². The molecule has 2 heterocycles. The van der Waals surface area contributed by atoms with Gasteiger partial charge in [-0.15, -0.1) is 11.3 Å². The molecular formula is C18H22N2O3S. The Morgan fingerprint density at radius 1 is 1.33 bits per heavy atom. The number of aromatic nitrogens is 1. The van der Waals surface area contributed by atoms with Gasteiger partial charge in [-0.25, -0.2) is 4.98 Å². The molecule has 0 radical (unpaired) electrons. The summed E-state index contributed by atoms with van der Waals surface area (Å²) in [5.74, 6) is 1.66. The summed E-state index contributed by atoms with van der Waals surface area (Å²) >= 11 is 1.61. The molecule has 0 saturated heterocycles. The Bertz CT molecular complexity index is 729. The van der Waals surface area contributed by atoms with Gasteiger partial charge in [-0.05, 0) is 38.0 Å². The second-order valence-electron chi connectivity index (χ2n) is 5.94. The molecule has 0 aliphatic carbocycles. The van der Waals surface area contributed by atoms with Crippen molar-refractivity contribution in [2.75, 3.05) is 20.3 Å². The highest BCUT2D eigenvalue weighted by Crippen LogP contribution is 2.33.